The SMILES string of the molecule is CCOC(=O)CCc1cc2n(c1)C=IC=C2. The van der Waals surface area contributed by atoms with Gasteiger partial charge in [0.05, 0.1) is 6.61 Å². The highest BCUT2D eigenvalue weighted by atomic mass is 127. The van der Waals surface area contributed by atoms with Crippen LogP contribution in [0.15, 0.2) is 16.3 Å². The number of nitrogens with zero attached hydrogens (tertiary/aromatic N) is 1. The Morgan fingerprint density at radius 3 is 3.19 bits per heavy atom. The predicted molar refractivity (Wildman–Crippen MR) is 73.9 cm³/mol. The van der Waals surface area contributed by atoms with Gasteiger partial charge in [-0.2, -0.15) is 0 Å². The summed E-state index contributed by atoms with van der Waals surface area (Å²) >= 11 is 0.0763. The zero-order valence-electron chi connectivity index (χ0n) is 9.15. The van der Waals surface area contributed by atoms with E-state index in [1.165, 1.54) is 11.3 Å². The van der Waals surface area contributed by atoms with E-state index in [0.717, 1.165) is 6.42 Å². The lowest BCUT2D eigenvalue weighted by atomic mass is 10.2. The zero-order chi connectivity index (χ0) is 11.4. The van der Waals surface area contributed by atoms with Gasteiger partial charge in [-0.25, -0.2) is 0 Å². The van der Waals surface area contributed by atoms with Gasteiger partial charge in [0, 0.05) is 22.4 Å². The fourth-order valence-electron chi connectivity index (χ4n) is 1.58. The van der Waals surface area contributed by atoms with Crippen LogP contribution in [0.4, 0.5) is 0 Å². The highest BCUT2D eigenvalue weighted by Crippen LogP contribution is 2.17. The molecule has 1 aromatic rings. The van der Waals surface area contributed by atoms with Gasteiger partial charge >= 0.3 is 5.97 Å². The van der Waals surface area contributed by atoms with Crippen molar-refractivity contribution in [2.24, 2.45) is 0 Å². The van der Waals surface area contributed by atoms with Crippen LogP contribution in [0, 0.1) is 0 Å². The highest BCUT2D eigenvalue weighted by Gasteiger charge is 2.07. The number of ether oxygens (including phenoxy) is 1. The first kappa shape index (κ1) is 11.6. The number of aryl methyl sites for hydroxylation is 1. The van der Waals surface area contributed by atoms with Crippen molar-refractivity contribution in [3.05, 3.63) is 27.6 Å². The Morgan fingerprint density at radius 2 is 2.44 bits per heavy atom. The summed E-state index contributed by atoms with van der Waals surface area (Å²) < 4.78 is 11.5. The predicted octanol–water partition coefficient (Wildman–Crippen LogP) is 2.55. The molecule has 3 nitrogen and oxygen atoms in total. The number of carbonyl (C=O) groups is 1. The highest BCUT2D eigenvalue weighted by molar-refractivity contribution is 14.2. The summed E-state index contributed by atoms with van der Waals surface area (Å²) in [5.74, 6) is -0.112. The molecular weight excluding hydrogens is 317 g/mol. The van der Waals surface area contributed by atoms with Crippen LogP contribution in [0.3, 0.4) is 0 Å². The summed E-state index contributed by atoms with van der Waals surface area (Å²) in [7, 11) is 0. The number of rotatable bonds is 4. The summed E-state index contributed by atoms with van der Waals surface area (Å²) in [6, 6.07) is 2.13. The number of aromatic nitrogens is 1. The quantitative estimate of drug-likeness (QED) is 0.627. The maximum absolute atomic E-state index is 11.2. The van der Waals surface area contributed by atoms with Crippen LogP contribution in [0.5, 0.6) is 0 Å². The van der Waals surface area contributed by atoms with Crippen molar-refractivity contribution in [2.75, 3.05) is 6.61 Å². The molecule has 16 heavy (non-hydrogen) atoms. The van der Waals surface area contributed by atoms with Crippen LogP contribution in [0.1, 0.15) is 24.6 Å². The minimum Gasteiger partial charge on any atom is -0.466 e. The van der Waals surface area contributed by atoms with Gasteiger partial charge in [0.1, 0.15) is 0 Å². The Balaban J connectivity index is 1.96. The fraction of sp³-hybridized carbons (Fsp3) is 0.333. The molecule has 86 valence electrons. The first-order valence-corrected chi connectivity index (χ1v) is 7.77. The Morgan fingerprint density at radius 1 is 1.56 bits per heavy atom. The molecule has 1 aliphatic rings. The van der Waals surface area contributed by atoms with Gasteiger partial charge in [-0.05, 0) is 35.1 Å². The molecule has 4 heteroatoms. The molecule has 0 aromatic carbocycles. The van der Waals surface area contributed by atoms with E-state index in [-0.39, 0.29) is 26.7 Å². The molecule has 0 atom stereocenters. The second kappa shape index (κ2) is 5.43. The molecule has 0 radical (unpaired) electrons. The van der Waals surface area contributed by atoms with E-state index in [1.807, 2.05) is 6.92 Å². The van der Waals surface area contributed by atoms with Crippen molar-refractivity contribution < 1.29 is 9.53 Å². The van der Waals surface area contributed by atoms with Crippen molar-refractivity contribution in [1.29, 1.82) is 0 Å². The largest absolute Gasteiger partial charge is 0.466 e. The van der Waals surface area contributed by atoms with Gasteiger partial charge in [0.2, 0.25) is 0 Å². The lowest BCUT2D eigenvalue weighted by Gasteiger charge is -2.00. The second-order valence-corrected chi connectivity index (χ2v) is 5.50. The second-order valence-electron chi connectivity index (χ2n) is 3.50. The average Bonchev–Trinajstić information content (AvgIpc) is 2.69. The summed E-state index contributed by atoms with van der Waals surface area (Å²) in [5.41, 5.74) is 2.42. The third-order valence-corrected chi connectivity index (χ3v) is 4.02. The molecule has 0 amide bonds. The van der Waals surface area contributed by atoms with Gasteiger partial charge in [0.15, 0.2) is 0 Å². The Labute approximate surface area is 105 Å². The van der Waals surface area contributed by atoms with Gasteiger partial charge in [-0.3, -0.25) is 4.79 Å². The summed E-state index contributed by atoms with van der Waals surface area (Å²) in [4.78, 5) is 11.2. The Kier molecular flexibility index (Phi) is 3.93. The monoisotopic (exact) mass is 331 g/mol. The first-order chi connectivity index (χ1) is 7.79. The average molecular weight is 331 g/mol. The topological polar surface area (TPSA) is 31.2 Å². The van der Waals surface area contributed by atoms with Crippen LogP contribution >= 0.6 is 20.7 Å². The van der Waals surface area contributed by atoms with Gasteiger partial charge in [0.25, 0.3) is 0 Å². The lowest BCUT2D eigenvalue weighted by Crippen LogP contribution is -2.04. The maximum atomic E-state index is 11.2. The molecule has 0 aliphatic carbocycles. The van der Waals surface area contributed by atoms with Crippen LogP contribution in [0.25, 0.3) is 6.08 Å². The lowest BCUT2D eigenvalue weighted by molar-refractivity contribution is -0.143. The fourth-order valence-corrected chi connectivity index (χ4v) is 3.17. The van der Waals surface area contributed by atoms with E-state index in [9.17, 15) is 4.79 Å². The van der Waals surface area contributed by atoms with Crippen LogP contribution in [-0.4, -0.2) is 21.3 Å². The van der Waals surface area contributed by atoms with Crippen molar-refractivity contribution >= 4 is 36.9 Å². The van der Waals surface area contributed by atoms with Crippen molar-refractivity contribution in [3.63, 3.8) is 0 Å². The van der Waals surface area contributed by atoms with Gasteiger partial charge in [-0.1, -0.05) is 20.7 Å². The molecule has 0 saturated heterocycles. The smallest absolute Gasteiger partial charge is 0.306 e. The van der Waals surface area contributed by atoms with Crippen molar-refractivity contribution in [3.8, 4) is 0 Å². The van der Waals surface area contributed by atoms with Crippen LogP contribution < -0.4 is 0 Å². The number of esters is 1. The minimum atomic E-state index is -0.112. The van der Waals surface area contributed by atoms with E-state index >= 15 is 0 Å². The molecule has 0 spiro atoms. The van der Waals surface area contributed by atoms with Crippen LogP contribution in [0.2, 0.25) is 0 Å². The number of halogens is 1. The van der Waals surface area contributed by atoms with Gasteiger partial charge < -0.3 is 9.30 Å². The van der Waals surface area contributed by atoms with E-state index in [2.05, 4.69) is 31.1 Å². The standard InChI is InChI=1S/C12H14INO2/c1-2-16-12(15)4-3-10-7-11-5-6-13-9-14(11)8-10/h5-9H,2-4H2,1H3. The van der Waals surface area contributed by atoms with E-state index in [0.29, 0.717) is 13.0 Å². The number of hydrogen-bond acceptors (Lipinski definition) is 2. The van der Waals surface area contributed by atoms with Crippen molar-refractivity contribution in [2.45, 2.75) is 19.8 Å². The van der Waals surface area contributed by atoms with E-state index in [1.54, 1.807) is 0 Å². The summed E-state index contributed by atoms with van der Waals surface area (Å²) in [5, 5.41) is 0. The normalized spacial score (nSPS) is 13.1. The molecular formula is C12H14INO2. The molecule has 1 aromatic heterocycles. The molecule has 0 bridgehead atoms. The third kappa shape index (κ3) is 2.81. The first-order valence-electron chi connectivity index (χ1n) is 5.28. The molecule has 1 aliphatic heterocycles. The number of hydrogen-bond donors (Lipinski definition) is 0. The number of carbonyl (C=O) groups excluding carboxylic acids is 1. The Hall–Kier alpha value is -0.910. The third-order valence-electron chi connectivity index (χ3n) is 2.33. The van der Waals surface area contributed by atoms with E-state index in [4.69, 9.17) is 4.74 Å². The Bertz CT molecular complexity index is 416. The molecule has 0 fully saturated rings. The van der Waals surface area contributed by atoms with E-state index < -0.39 is 0 Å². The summed E-state index contributed by atoms with van der Waals surface area (Å²) in [6.45, 7) is 2.30. The maximum Gasteiger partial charge on any atom is 0.306 e. The molecule has 2 heterocycles. The minimum absolute atomic E-state index is 0.0763. The van der Waals surface area contributed by atoms with Crippen molar-refractivity contribution in [1.82, 2.24) is 4.57 Å². The summed E-state index contributed by atoms with van der Waals surface area (Å²) in [6.07, 6.45) is 5.49. The molecule has 0 unspecified atom stereocenters. The molecule has 0 N–H and O–H groups in total. The van der Waals surface area contributed by atoms with Crippen LogP contribution in [-0.2, 0) is 16.0 Å². The molecule has 0 saturated carbocycles. The zero-order valence-corrected chi connectivity index (χ0v) is 11.3. The van der Waals surface area contributed by atoms with Gasteiger partial charge in [-0.15, -0.1) is 0 Å². The molecule has 2 rings (SSSR count). The number of fused-ring (bicyclic) bond motifs is 1.